The number of amides is 1. The molecule has 6 heteroatoms. The Kier molecular flexibility index (Phi) is 2.95. The van der Waals surface area contributed by atoms with Crippen molar-refractivity contribution in [2.45, 2.75) is 38.0 Å². The summed E-state index contributed by atoms with van der Waals surface area (Å²) in [5, 5.41) is 39.6. The van der Waals surface area contributed by atoms with Crippen LogP contribution in [0.2, 0.25) is 0 Å². The second kappa shape index (κ2) is 3.62. The third kappa shape index (κ3) is 1.80. The second-order valence-electron chi connectivity index (χ2n) is 4.57. The van der Waals surface area contributed by atoms with Gasteiger partial charge in [-0.05, 0) is 13.3 Å². The van der Waals surface area contributed by atoms with E-state index in [1.165, 1.54) is 6.92 Å². The molecule has 5 N–H and O–H groups in total. The highest BCUT2D eigenvalue weighted by molar-refractivity contribution is 5.65. The first-order chi connectivity index (χ1) is 6.74. The van der Waals surface area contributed by atoms with Crippen LogP contribution in [0.25, 0.3) is 0 Å². The monoisotopic (exact) mass is 219 g/mol. The molecule has 0 saturated heterocycles. The van der Waals surface area contributed by atoms with E-state index < -0.39 is 29.3 Å². The van der Waals surface area contributed by atoms with Crippen LogP contribution in [0.1, 0.15) is 20.3 Å². The highest BCUT2D eigenvalue weighted by Gasteiger charge is 2.58. The van der Waals surface area contributed by atoms with Crippen LogP contribution in [0.4, 0.5) is 4.79 Å². The molecule has 0 aliphatic heterocycles. The molecule has 1 saturated carbocycles. The predicted octanol–water partition coefficient (Wildman–Crippen LogP) is -0.863. The first-order valence-electron chi connectivity index (χ1n) is 4.75. The van der Waals surface area contributed by atoms with E-state index in [0.29, 0.717) is 0 Å². The van der Waals surface area contributed by atoms with E-state index in [0.717, 1.165) is 0 Å². The van der Waals surface area contributed by atoms with Crippen LogP contribution >= 0.6 is 0 Å². The lowest BCUT2D eigenvalue weighted by Gasteiger charge is -2.36. The number of aliphatic hydroxyl groups is 3. The Morgan fingerprint density at radius 2 is 2.07 bits per heavy atom. The molecule has 0 bridgehead atoms. The molecule has 15 heavy (non-hydrogen) atoms. The van der Waals surface area contributed by atoms with Gasteiger partial charge in [-0.1, -0.05) is 6.92 Å². The normalized spacial score (nSPS) is 45.4. The van der Waals surface area contributed by atoms with E-state index in [9.17, 15) is 20.1 Å². The Bertz CT molecular complexity index is 264. The summed E-state index contributed by atoms with van der Waals surface area (Å²) in [6.07, 6.45) is -2.27. The zero-order valence-corrected chi connectivity index (χ0v) is 8.77. The van der Waals surface area contributed by atoms with Crippen molar-refractivity contribution in [3.8, 4) is 0 Å². The molecule has 0 unspecified atom stereocenters. The number of hydrogen-bond acceptors (Lipinski definition) is 4. The molecule has 4 atom stereocenters. The largest absolute Gasteiger partial charge is 0.465 e. The number of aliphatic hydroxyl groups excluding tert-OH is 2. The molecule has 1 aliphatic rings. The summed E-state index contributed by atoms with van der Waals surface area (Å²) in [4.78, 5) is 10.4. The fourth-order valence-electron chi connectivity index (χ4n) is 2.07. The first kappa shape index (κ1) is 12.2. The van der Waals surface area contributed by atoms with Gasteiger partial charge in [-0.2, -0.15) is 0 Å². The minimum Gasteiger partial charge on any atom is -0.465 e. The zero-order chi connectivity index (χ0) is 11.9. The van der Waals surface area contributed by atoms with Crippen LogP contribution in [0.3, 0.4) is 0 Å². The Balaban J connectivity index is 2.89. The molecule has 0 radical (unpaired) electrons. The fraction of sp³-hybridized carbons (Fsp3) is 0.889. The summed E-state index contributed by atoms with van der Waals surface area (Å²) >= 11 is 0. The molecule has 1 fully saturated rings. The zero-order valence-electron chi connectivity index (χ0n) is 8.77. The molecular weight excluding hydrogens is 202 g/mol. The fourth-order valence-corrected chi connectivity index (χ4v) is 2.07. The minimum absolute atomic E-state index is 0.198. The summed E-state index contributed by atoms with van der Waals surface area (Å²) in [6.45, 7) is 2.70. The van der Waals surface area contributed by atoms with Crippen molar-refractivity contribution < 1.29 is 25.2 Å². The summed E-state index contributed by atoms with van der Waals surface area (Å²) < 4.78 is 0. The van der Waals surface area contributed by atoms with Crippen molar-refractivity contribution in [1.29, 1.82) is 0 Å². The number of rotatable bonds is 2. The number of carboxylic acid groups (broad SMARTS) is 1. The highest BCUT2D eigenvalue weighted by Crippen LogP contribution is 2.45. The lowest BCUT2D eigenvalue weighted by Crippen LogP contribution is -2.51. The summed E-state index contributed by atoms with van der Waals surface area (Å²) in [7, 11) is 0. The van der Waals surface area contributed by atoms with Crippen molar-refractivity contribution in [3.05, 3.63) is 0 Å². The Hall–Kier alpha value is -0.850. The summed E-state index contributed by atoms with van der Waals surface area (Å²) in [5.41, 5.74) is -2.41. The van der Waals surface area contributed by atoms with Gasteiger partial charge in [-0.15, -0.1) is 0 Å². The Morgan fingerprint density at radius 3 is 2.40 bits per heavy atom. The average Bonchev–Trinajstić information content (AvgIpc) is 2.28. The first-order valence-corrected chi connectivity index (χ1v) is 4.75. The summed E-state index contributed by atoms with van der Waals surface area (Å²) in [5.74, 6) is 0. The molecule has 0 heterocycles. The molecule has 0 aromatic carbocycles. The predicted molar refractivity (Wildman–Crippen MR) is 51.4 cm³/mol. The molecule has 0 aromatic heterocycles. The molecule has 1 amide bonds. The molecule has 1 aliphatic carbocycles. The van der Waals surface area contributed by atoms with Crippen LogP contribution < -0.4 is 5.32 Å². The van der Waals surface area contributed by atoms with Crippen molar-refractivity contribution in [2.75, 3.05) is 6.61 Å². The number of nitrogens with one attached hydrogen (secondary N) is 1. The van der Waals surface area contributed by atoms with Gasteiger partial charge in [-0.3, -0.25) is 0 Å². The molecule has 0 spiro atoms. The van der Waals surface area contributed by atoms with Crippen molar-refractivity contribution in [1.82, 2.24) is 5.32 Å². The van der Waals surface area contributed by atoms with E-state index in [1.54, 1.807) is 6.92 Å². The SMILES string of the molecule is C[C@]1(CO)C[C@@H](NC(=O)O)[C@H](O)[C@]1(C)O. The average molecular weight is 219 g/mol. The van der Waals surface area contributed by atoms with E-state index in [2.05, 4.69) is 5.32 Å². The van der Waals surface area contributed by atoms with Gasteiger partial charge in [0.2, 0.25) is 0 Å². The number of carbonyl (C=O) groups is 1. The van der Waals surface area contributed by atoms with E-state index >= 15 is 0 Å². The van der Waals surface area contributed by atoms with Gasteiger partial charge < -0.3 is 25.7 Å². The van der Waals surface area contributed by atoms with Crippen molar-refractivity contribution in [3.63, 3.8) is 0 Å². The van der Waals surface area contributed by atoms with Gasteiger partial charge in [0.15, 0.2) is 0 Å². The van der Waals surface area contributed by atoms with Crippen LogP contribution in [0.5, 0.6) is 0 Å². The van der Waals surface area contributed by atoms with Gasteiger partial charge in [0, 0.05) is 5.41 Å². The van der Waals surface area contributed by atoms with Gasteiger partial charge >= 0.3 is 6.09 Å². The van der Waals surface area contributed by atoms with Gasteiger partial charge in [0.25, 0.3) is 0 Å². The third-order valence-corrected chi connectivity index (χ3v) is 3.51. The molecular formula is C9H17NO5. The maximum Gasteiger partial charge on any atom is 0.404 e. The quantitative estimate of drug-likeness (QED) is 0.415. The maximum atomic E-state index is 10.4. The lowest BCUT2D eigenvalue weighted by atomic mass is 9.77. The Labute approximate surface area is 87.5 Å². The highest BCUT2D eigenvalue weighted by atomic mass is 16.4. The van der Waals surface area contributed by atoms with Crippen LogP contribution in [-0.4, -0.2) is 50.9 Å². The smallest absolute Gasteiger partial charge is 0.404 e. The second-order valence-corrected chi connectivity index (χ2v) is 4.57. The number of hydrogen-bond donors (Lipinski definition) is 5. The standard InChI is InChI=1S/C9H17NO5/c1-8(4-11)3-5(10-7(13)14)6(12)9(8,2)15/h5-6,10-12,15H,3-4H2,1-2H3,(H,13,14)/t5-,6+,8-,9+/m1/s1. The third-order valence-electron chi connectivity index (χ3n) is 3.51. The van der Waals surface area contributed by atoms with E-state index in [1.807, 2.05) is 0 Å². The van der Waals surface area contributed by atoms with Gasteiger partial charge in [0.05, 0.1) is 18.2 Å². The van der Waals surface area contributed by atoms with Crippen LogP contribution in [0, 0.1) is 5.41 Å². The van der Waals surface area contributed by atoms with Gasteiger partial charge in [-0.25, -0.2) is 4.79 Å². The van der Waals surface area contributed by atoms with Crippen molar-refractivity contribution in [2.24, 2.45) is 5.41 Å². The van der Waals surface area contributed by atoms with E-state index in [4.69, 9.17) is 5.11 Å². The van der Waals surface area contributed by atoms with E-state index in [-0.39, 0.29) is 13.0 Å². The molecule has 1 rings (SSSR count). The minimum atomic E-state index is -1.51. The maximum absolute atomic E-state index is 10.4. The lowest BCUT2D eigenvalue weighted by molar-refractivity contribution is -0.120. The topological polar surface area (TPSA) is 110 Å². The van der Waals surface area contributed by atoms with Gasteiger partial charge in [0.1, 0.15) is 6.10 Å². The van der Waals surface area contributed by atoms with Crippen LogP contribution in [-0.2, 0) is 0 Å². The molecule has 88 valence electrons. The van der Waals surface area contributed by atoms with Crippen LogP contribution in [0.15, 0.2) is 0 Å². The Morgan fingerprint density at radius 1 is 1.53 bits per heavy atom. The molecule has 6 nitrogen and oxygen atoms in total. The molecule has 0 aromatic rings. The van der Waals surface area contributed by atoms with Crippen molar-refractivity contribution >= 4 is 6.09 Å². The summed E-state index contributed by atoms with van der Waals surface area (Å²) in [6, 6.07) is -0.755.